The summed E-state index contributed by atoms with van der Waals surface area (Å²) in [5.41, 5.74) is 0.450. The molecule has 200 valence electrons. The van der Waals surface area contributed by atoms with Gasteiger partial charge in [0, 0.05) is 13.0 Å². The van der Waals surface area contributed by atoms with Gasteiger partial charge in [-0.2, -0.15) is 0 Å². The number of phenols is 2. The first kappa shape index (κ1) is 27.8. The summed E-state index contributed by atoms with van der Waals surface area (Å²) in [4.78, 5) is 40.2. The van der Waals surface area contributed by atoms with E-state index in [1.54, 1.807) is 0 Å². The SMILES string of the molecule is CC(NC(=O)C(O)Cc1ccc(O)c(O)c1)C(=O)N1CCCC1C(=O)O[C@@H]1C[C@H](C)CCC1C(C)C. The summed E-state index contributed by atoms with van der Waals surface area (Å²) in [6, 6.07) is 2.40. The van der Waals surface area contributed by atoms with Gasteiger partial charge >= 0.3 is 5.97 Å². The summed E-state index contributed by atoms with van der Waals surface area (Å²) in [6.07, 6.45) is 2.48. The molecule has 0 bridgehead atoms. The molecule has 1 aliphatic heterocycles. The average molecular weight is 505 g/mol. The van der Waals surface area contributed by atoms with E-state index in [1.165, 1.54) is 30.0 Å². The van der Waals surface area contributed by atoms with Crippen molar-refractivity contribution in [2.75, 3.05) is 6.54 Å². The number of esters is 1. The second kappa shape index (κ2) is 12.0. The molecule has 6 atom stereocenters. The molecule has 2 amide bonds. The van der Waals surface area contributed by atoms with Gasteiger partial charge in [0.05, 0.1) is 0 Å². The maximum absolute atomic E-state index is 13.1. The number of ether oxygens (including phenoxy) is 1. The average Bonchev–Trinajstić information content (AvgIpc) is 3.30. The zero-order valence-corrected chi connectivity index (χ0v) is 21.6. The number of carbonyl (C=O) groups is 3. The molecule has 2 aliphatic rings. The molecule has 0 radical (unpaired) electrons. The van der Waals surface area contributed by atoms with Gasteiger partial charge in [-0.15, -0.1) is 0 Å². The van der Waals surface area contributed by atoms with Gasteiger partial charge in [0.1, 0.15) is 24.3 Å². The van der Waals surface area contributed by atoms with Crippen molar-refractivity contribution in [1.29, 1.82) is 0 Å². The van der Waals surface area contributed by atoms with Crippen LogP contribution in [0.15, 0.2) is 18.2 Å². The highest BCUT2D eigenvalue weighted by atomic mass is 16.5. The number of rotatable bonds is 8. The van der Waals surface area contributed by atoms with Crippen molar-refractivity contribution >= 4 is 17.8 Å². The van der Waals surface area contributed by atoms with Crippen LogP contribution in [0.4, 0.5) is 0 Å². The van der Waals surface area contributed by atoms with Gasteiger partial charge in [-0.05, 0) is 68.1 Å². The zero-order valence-electron chi connectivity index (χ0n) is 21.6. The second-order valence-corrected chi connectivity index (χ2v) is 10.8. The monoisotopic (exact) mass is 504 g/mol. The Balaban J connectivity index is 1.57. The molecule has 1 aromatic carbocycles. The third-order valence-corrected chi connectivity index (χ3v) is 7.54. The van der Waals surface area contributed by atoms with Crippen LogP contribution in [0.5, 0.6) is 11.5 Å². The summed E-state index contributed by atoms with van der Waals surface area (Å²) < 4.78 is 5.99. The number of nitrogens with one attached hydrogen (secondary N) is 1. The Labute approximate surface area is 212 Å². The number of aliphatic hydroxyl groups is 1. The highest BCUT2D eigenvalue weighted by molar-refractivity contribution is 5.92. The molecule has 1 aromatic rings. The van der Waals surface area contributed by atoms with E-state index >= 15 is 0 Å². The number of hydrogen-bond acceptors (Lipinski definition) is 7. The van der Waals surface area contributed by atoms with Gasteiger partial charge < -0.3 is 30.3 Å². The predicted molar refractivity (Wildman–Crippen MR) is 133 cm³/mol. The van der Waals surface area contributed by atoms with Crippen molar-refractivity contribution in [3.8, 4) is 11.5 Å². The van der Waals surface area contributed by atoms with E-state index in [4.69, 9.17) is 4.74 Å². The van der Waals surface area contributed by atoms with Crippen LogP contribution in [0, 0.1) is 17.8 Å². The largest absolute Gasteiger partial charge is 0.504 e. The number of phenolic OH excluding ortho intramolecular Hbond substituents is 2. The molecule has 4 N–H and O–H groups in total. The number of aliphatic hydroxyl groups excluding tert-OH is 1. The van der Waals surface area contributed by atoms with Crippen LogP contribution in [0.1, 0.15) is 65.4 Å². The number of hydrogen-bond donors (Lipinski definition) is 4. The van der Waals surface area contributed by atoms with Crippen LogP contribution in [0.3, 0.4) is 0 Å². The molecule has 0 spiro atoms. The summed E-state index contributed by atoms with van der Waals surface area (Å²) in [5, 5.41) is 31.8. The standard InChI is InChI=1S/C27H40N2O7/c1-15(2)19-9-7-16(3)12-24(19)36-27(35)20-6-5-11-29(20)26(34)17(4)28-25(33)23(32)14-18-8-10-21(30)22(31)13-18/h8,10,13,15-17,19-20,23-24,30-32H,5-7,9,11-12,14H2,1-4H3,(H,28,33)/t16-,17?,19?,20?,23?,24-/m1/s1. The van der Waals surface area contributed by atoms with Crippen molar-refractivity contribution in [3.63, 3.8) is 0 Å². The lowest BCUT2D eigenvalue weighted by molar-refractivity contribution is -0.164. The van der Waals surface area contributed by atoms with E-state index < -0.39 is 30.0 Å². The first-order valence-electron chi connectivity index (χ1n) is 13.0. The Bertz CT molecular complexity index is 950. The van der Waals surface area contributed by atoms with Gasteiger partial charge in [-0.3, -0.25) is 9.59 Å². The van der Waals surface area contributed by atoms with E-state index in [0.29, 0.717) is 42.7 Å². The minimum atomic E-state index is -1.45. The van der Waals surface area contributed by atoms with Gasteiger partial charge in [-0.25, -0.2) is 4.79 Å². The van der Waals surface area contributed by atoms with Crippen LogP contribution in [-0.2, 0) is 25.5 Å². The summed E-state index contributed by atoms with van der Waals surface area (Å²) in [7, 11) is 0. The molecule has 4 unspecified atom stereocenters. The third kappa shape index (κ3) is 6.69. The number of benzene rings is 1. The summed E-state index contributed by atoms with van der Waals surface area (Å²) in [6.45, 7) is 8.40. The molecule has 9 nitrogen and oxygen atoms in total. The minimum Gasteiger partial charge on any atom is -0.504 e. The smallest absolute Gasteiger partial charge is 0.329 e. The highest BCUT2D eigenvalue weighted by Crippen LogP contribution is 2.36. The van der Waals surface area contributed by atoms with E-state index in [1.807, 2.05) is 0 Å². The minimum absolute atomic E-state index is 0.101. The first-order valence-corrected chi connectivity index (χ1v) is 13.0. The lowest BCUT2D eigenvalue weighted by Crippen LogP contribution is -2.53. The van der Waals surface area contributed by atoms with Crippen LogP contribution in [0.25, 0.3) is 0 Å². The maximum Gasteiger partial charge on any atom is 0.329 e. The lowest BCUT2D eigenvalue weighted by Gasteiger charge is -2.37. The maximum atomic E-state index is 13.1. The van der Waals surface area contributed by atoms with E-state index in [0.717, 1.165) is 19.3 Å². The molecule has 3 rings (SSSR count). The van der Waals surface area contributed by atoms with Gasteiger partial charge in [-0.1, -0.05) is 33.3 Å². The Morgan fingerprint density at radius 3 is 2.50 bits per heavy atom. The Hall–Kier alpha value is -2.81. The number of carbonyl (C=O) groups excluding carboxylic acids is 3. The topological polar surface area (TPSA) is 136 Å². The van der Waals surface area contributed by atoms with Crippen LogP contribution < -0.4 is 5.32 Å². The third-order valence-electron chi connectivity index (χ3n) is 7.54. The number of amides is 2. The summed E-state index contributed by atoms with van der Waals surface area (Å²) >= 11 is 0. The fraction of sp³-hybridized carbons (Fsp3) is 0.667. The second-order valence-electron chi connectivity index (χ2n) is 10.8. The molecule has 36 heavy (non-hydrogen) atoms. The molecular formula is C27H40N2O7. The highest BCUT2D eigenvalue weighted by Gasteiger charge is 2.40. The van der Waals surface area contributed by atoms with Crippen molar-refractivity contribution in [2.45, 2.75) is 90.5 Å². The normalized spacial score (nSPS) is 25.9. The van der Waals surface area contributed by atoms with Crippen LogP contribution >= 0.6 is 0 Å². The number of nitrogens with zero attached hydrogens (tertiary/aromatic N) is 1. The predicted octanol–water partition coefficient (Wildman–Crippen LogP) is 2.50. The Morgan fingerprint density at radius 2 is 1.83 bits per heavy atom. The fourth-order valence-electron chi connectivity index (χ4n) is 5.39. The fourth-order valence-corrected chi connectivity index (χ4v) is 5.39. The molecular weight excluding hydrogens is 464 g/mol. The summed E-state index contributed by atoms with van der Waals surface area (Å²) in [5.74, 6) is -0.948. The molecule has 2 fully saturated rings. The molecule has 1 saturated carbocycles. The van der Waals surface area contributed by atoms with Gasteiger partial charge in [0.2, 0.25) is 11.8 Å². The quantitative estimate of drug-likeness (QED) is 0.315. The molecule has 9 heteroatoms. The van der Waals surface area contributed by atoms with E-state index in [9.17, 15) is 29.7 Å². The Kier molecular flexibility index (Phi) is 9.22. The Morgan fingerprint density at radius 1 is 1.11 bits per heavy atom. The zero-order chi connectivity index (χ0) is 26.6. The van der Waals surface area contributed by atoms with E-state index in [-0.39, 0.29) is 30.0 Å². The molecule has 1 heterocycles. The van der Waals surface area contributed by atoms with E-state index in [2.05, 4.69) is 26.1 Å². The first-order chi connectivity index (χ1) is 17.0. The molecule has 1 saturated heterocycles. The number of likely N-dealkylation sites (tertiary alicyclic amines) is 1. The molecule has 1 aliphatic carbocycles. The lowest BCUT2D eigenvalue weighted by atomic mass is 9.75. The van der Waals surface area contributed by atoms with Crippen LogP contribution in [0.2, 0.25) is 0 Å². The van der Waals surface area contributed by atoms with Gasteiger partial charge in [0.15, 0.2) is 11.5 Å². The van der Waals surface area contributed by atoms with Crippen molar-refractivity contribution in [3.05, 3.63) is 23.8 Å². The van der Waals surface area contributed by atoms with Crippen LogP contribution in [-0.4, -0.2) is 68.8 Å². The number of aromatic hydroxyl groups is 2. The van der Waals surface area contributed by atoms with Crippen molar-refractivity contribution < 1.29 is 34.4 Å². The van der Waals surface area contributed by atoms with Gasteiger partial charge in [0.25, 0.3) is 0 Å². The molecule has 0 aromatic heterocycles. The van der Waals surface area contributed by atoms with Crippen molar-refractivity contribution in [2.24, 2.45) is 17.8 Å². The van der Waals surface area contributed by atoms with Crippen molar-refractivity contribution in [1.82, 2.24) is 10.2 Å².